The van der Waals surface area contributed by atoms with Crippen molar-refractivity contribution in [3.63, 3.8) is 0 Å². The molecule has 17 heavy (non-hydrogen) atoms. The number of methoxy groups -OCH3 is 1. The molecule has 0 aliphatic carbocycles. The van der Waals surface area contributed by atoms with Crippen molar-refractivity contribution in [3.05, 3.63) is 28.0 Å². The van der Waals surface area contributed by atoms with Gasteiger partial charge < -0.3 is 4.74 Å². The van der Waals surface area contributed by atoms with Crippen molar-refractivity contribution in [2.24, 2.45) is 5.41 Å². The quantitative estimate of drug-likeness (QED) is 0.643. The van der Waals surface area contributed by atoms with Gasteiger partial charge in [-0.15, -0.1) is 0 Å². The second-order valence-electron chi connectivity index (χ2n) is 5.24. The molecule has 0 heterocycles. The summed E-state index contributed by atoms with van der Waals surface area (Å²) in [7, 11) is 1.56. The molecular weight excluding hydrogens is 351 g/mol. The Labute approximate surface area is 119 Å². The summed E-state index contributed by atoms with van der Waals surface area (Å²) >= 11 is 6.85. The monoisotopic (exact) mass is 366 g/mol. The van der Waals surface area contributed by atoms with Gasteiger partial charge in [-0.25, -0.2) is 4.39 Å². The van der Waals surface area contributed by atoms with E-state index in [9.17, 15) is 4.39 Å². The maximum absolute atomic E-state index is 13.4. The minimum atomic E-state index is -0.305. The van der Waals surface area contributed by atoms with Gasteiger partial charge in [-0.2, -0.15) is 0 Å². The number of benzene rings is 1. The van der Waals surface area contributed by atoms with Crippen LogP contribution < -0.4 is 4.74 Å². The van der Waals surface area contributed by atoms with Gasteiger partial charge in [-0.3, -0.25) is 0 Å². The predicted octanol–water partition coefficient (Wildman–Crippen LogP) is 5.47. The molecule has 4 heteroatoms. The van der Waals surface area contributed by atoms with Crippen LogP contribution in [0.25, 0.3) is 0 Å². The Hall–Kier alpha value is -0.0900. The van der Waals surface area contributed by atoms with Gasteiger partial charge in [0.25, 0.3) is 0 Å². The standard InChI is InChI=1S/C13H17Br2FO/c1-13(2,3)7-10(15)8-5-9(14)11(16)6-12(8)17-4/h5-6,10H,7H2,1-4H3. The summed E-state index contributed by atoms with van der Waals surface area (Å²) in [5.41, 5.74) is 1.16. The minimum Gasteiger partial charge on any atom is -0.496 e. The highest BCUT2D eigenvalue weighted by Crippen LogP contribution is 2.41. The summed E-state index contributed by atoms with van der Waals surface area (Å²) < 4.78 is 19.1. The van der Waals surface area contributed by atoms with E-state index in [1.165, 1.54) is 6.07 Å². The predicted molar refractivity (Wildman–Crippen MR) is 76.4 cm³/mol. The third-order valence-electron chi connectivity index (χ3n) is 2.40. The molecule has 0 saturated carbocycles. The summed E-state index contributed by atoms with van der Waals surface area (Å²) in [6.45, 7) is 6.52. The number of ether oxygens (including phenoxy) is 1. The van der Waals surface area contributed by atoms with Crippen LogP contribution >= 0.6 is 31.9 Å². The van der Waals surface area contributed by atoms with Crippen LogP contribution in [0.15, 0.2) is 16.6 Å². The SMILES string of the molecule is COc1cc(F)c(Br)cc1C(Br)CC(C)(C)C. The maximum atomic E-state index is 13.4. The third kappa shape index (κ3) is 4.25. The fourth-order valence-electron chi connectivity index (χ4n) is 1.61. The van der Waals surface area contributed by atoms with Crippen LogP contribution in [0.3, 0.4) is 0 Å². The van der Waals surface area contributed by atoms with Gasteiger partial charge in [0.1, 0.15) is 11.6 Å². The Morgan fingerprint density at radius 3 is 2.41 bits per heavy atom. The fourth-order valence-corrected chi connectivity index (χ4v) is 3.30. The number of rotatable bonds is 3. The highest BCUT2D eigenvalue weighted by molar-refractivity contribution is 9.10. The van der Waals surface area contributed by atoms with Gasteiger partial charge in [0.2, 0.25) is 0 Å². The normalized spacial score (nSPS) is 13.6. The van der Waals surface area contributed by atoms with E-state index >= 15 is 0 Å². The van der Waals surface area contributed by atoms with Crippen LogP contribution in [-0.4, -0.2) is 7.11 Å². The molecule has 1 unspecified atom stereocenters. The van der Waals surface area contributed by atoms with Crippen LogP contribution in [0, 0.1) is 11.2 Å². The summed E-state index contributed by atoms with van der Waals surface area (Å²) in [6, 6.07) is 3.19. The van der Waals surface area contributed by atoms with E-state index < -0.39 is 0 Å². The van der Waals surface area contributed by atoms with Crippen LogP contribution in [0.1, 0.15) is 37.6 Å². The fraction of sp³-hybridized carbons (Fsp3) is 0.538. The molecule has 0 amide bonds. The zero-order chi connectivity index (χ0) is 13.2. The molecule has 96 valence electrons. The zero-order valence-electron chi connectivity index (χ0n) is 10.5. The van der Waals surface area contributed by atoms with Crippen molar-refractivity contribution in [3.8, 4) is 5.75 Å². The highest BCUT2D eigenvalue weighted by atomic mass is 79.9. The van der Waals surface area contributed by atoms with Crippen molar-refractivity contribution in [1.29, 1.82) is 0 Å². The van der Waals surface area contributed by atoms with Crippen molar-refractivity contribution in [1.82, 2.24) is 0 Å². The molecule has 1 aromatic rings. The van der Waals surface area contributed by atoms with Gasteiger partial charge in [0.15, 0.2) is 0 Å². The van der Waals surface area contributed by atoms with Crippen LogP contribution in [0.5, 0.6) is 5.75 Å². The first-order chi connectivity index (χ1) is 7.74. The summed E-state index contributed by atoms with van der Waals surface area (Å²) in [4.78, 5) is 0.148. The first kappa shape index (κ1) is 15.0. The molecule has 0 fully saturated rings. The molecule has 1 nitrogen and oxygen atoms in total. The molecule has 0 aliphatic rings. The lowest BCUT2D eigenvalue weighted by Crippen LogP contribution is -2.09. The van der Waals surface area contributed by atoms with Crippen LogP contribution in [-0.2, 0) is 0 Å². The second-order valence-corrected chi connectivity index (χ2v) is 7.20. The highest BCUT2D eigenvalue weighted by Gasteiger charge is 2.22. The Kier molecular flexibility index (Phi) is 5.02. The van der Waals surface area contributed by atoms with E-state index in [4.69, 9.17) is 4.74 Å². The molecule has 0 aliphatic heterocycles. The van der Waals surface area contributed by atoms with Crippen molar-refractivity contribution in [2.75, 3.05) is 7.11 Å². The van der Waals surface area contributed by atoms with E-state index in [1.807, 2.05) is 0 Å². The molecule has 0 aromatic heterocycles. The molecule has 1 rings (SSSR count). The minimum absolute atomic E-state index is 0.148. The Balaban J connectivity index is 3.08. The van der Waals surface area contributed by atoms with Gasteiger partial charge >= 0.3 is 0 Å². The van der Waals surface area contributed by atoms with Crippen LogP contribution in [0.2, 0.25) is 0 Å². The molecule has 0 spiro atoms. The average molecular weight is 368 g/mol. The van der Waals surface area contributed by atoms with E-state index in [0.717, 1.165) is 12.0 Å². The molecule has 0 saturated heterocycles. The number of halogens is 3. The lowest BCUT2D eigenvalue weighted by atomic mass is 9.88. The van der Waals surface area contributed by atoms with Gasteiger partial charge in [0.05, 0.1) is 11.6 Å². The topological polar surface area (TPSA) is 9.23 Å². The number of hydrogen-bond acceptors (Lipinski definition) is 1. The summed E-state index contributed by atoms with van der Waals surface area (Å²) in [5, 5.41) is 0. The lowest BCUT2D eigenvalue weighted by molar-refractivity contribution is 0.366. The maximum Gasteiger partial charge on any atom is 0.141 e. The van der Waals surface area contributed by atoms with E-state index in [2.05, 4.69) is 52.6 Å². The van der Waals surface area contributed by atoms with Crippen molar-refractivity contribution in [2.45, 2.75) is 32.0 Å². The number of hydrogen-bond donors (Lipinski definition) is 0. The summed E-state index contributed by atoms with van der Waals surface area (Å²) in [6.07, 6.45) is 0.946. The third-order valence-corrected chi connectivity index (χ3v) is 3.83. The first-order valence-electron chi connectivity index (χ1n) is 5.41. The molecule has 0 bridgehead atoms. The summed E-state index contributed by atoms with van der Waals surface area (Å²) in [5.74, 6) is 0.276. The largest absolute Gasteiger partial charge is 0.496 e. The van der Waals surface area contributed by atoms with Crippen molar-refractivity contribution < 1.29 is 9.13 Å². The van der Waals surface area contributed by atoms with Gasteiger partial charge in [-0.05, 0) is 33.8 Å². The lowest BCUT2D eigenvalue weighted by Gasteiger charge is -2.23. The molecule has 1 aromatic carbocycles. The van der Waals surface area contributed by atoms with E-state index in [0.29, 0.717) is 10.2 Å². The van der Waals surface area contributed by atoms with Gasteiger partial charge in [-0.1, -0.05) is 36.7 Å². The molecule has 0 N–H and O–H groups in total. The first-order valence-corrected chi connectivity index (χ1v) is 7.12. The molecule has 0 radical (unpaired) electrons. The molecule has 1 atom stereocenters. The van der Waals surface area contributed by atoms with Gasteiger partial charge in [0, 0.05) is 16.5 Å². The zero-order valence-corrected chi connectivity index (χ0v) is 13.7. The Bertz CT molecular complexity index is 399. The Morgan fingerprint density at radius 2 is 1.94 bits per heavy atom. The van der Waals surface area contributed by atoms with E-state index in [-0.39, 0.29) is 16.1 Å². The second kappa shape index (κ2) is 5.70. The Morgan fingerprint density at radius 1 is 1.35 bits per heavy atom. The number of alkyl halides is 1. The van der Waals surface area contributed by atoms with Crippen LogP contribution in [0.4, 0.5) is 4.39 Å². The van der Waals surface area contributed by atoms with E-state index in [1.54, 1.807) is 13.2 Å². The smallest absolute Gasteiger partial charge is 0.141 e. The molecular formula is C13H17Br2FO. The van der Waals surface area contributed by atoms with Crippen molar-refractivity contribution >= 4 is 31.9 Å². The average Bonchev–Trinajstić information content (AvgIpc) is 2.18.